The third-order valence-corrected chi connectivity index (χ3v) is 16.4. The normalized spacial score (nSPS) is 30.9. The summed E-state index contributed by atoms with van der Waals surface area (Å²) in [6.07, 6.45) is 6.21. The number of amides is 1. The topological polar surface area (TPSA) is 233 Å². The smallest absolute Gasteiger partial charge is 0.320 e. The molecule has 0 unspecified atom stereocenters. The number of nitrogens with one attached hydrogen (secondary N) is 1. The van der Waals surface area contributed by atoms with Crippen LogP contribution in [0.3, 0.4) is 0 Å². The highest BCUT2D eigenvalue weighted by Crippen LogP contribution is 2.50. The second kappa shape index (κ2) is 22.1. The summed E-state index contributed by atoms with van der Waals surface area (Å²) >= 11 is 0. The largest absolute Gasteiger partial charge is 0.507 e. The van der Waals surface area contributed by atoms with Crippen LogP contribution >= 0.6 is 0 Å². The summed E-state index contributed by atoms with van der Waals surface area (Å²) in [5.41, 5.74) is -0.507. The van der Waals surface area contributed by atoms with Gasteiger partial charge in [0.15, 0.2) is 11.4 Å². The second-order valence-electron chi connectivity index (χ2n) is 22.5. The van der Waals surface area contributed by atoms with E-state index in [9.17, 15) is 39.9 Å². The number of aliphatic hydroxyl groups is 3. The number of esters is 1. The van der Waals surface area contributed by atoms with Gasteiger partial charge in [-0.2, -0.15) is 0 Å². The number of likely N-dealkylation sites (tertiary alicyclic amines) is 2. The number of hydrogen-bond acceptors (Lipinski definition) is 16. The van der Waals surface area contributed by atoms with Gasteiger partial charge in [0, 0.05) is 106 Å². The van der Waals surface area contributed by atoms with Crippen molar-refractivity contribution in [3.8, 4) is 17.2 Å². The van der Waals surface area contributed by atoms with Crippen LogP contribution in [0.25, 0.3) is 10.8 Å². The fourth-order valence-electron chi connectivity index (χ4n) is 11.7. The van der Waals surface area contributed by atoms with Crippen LogP contribution in [0.15, 0.2) is 76.5 Å². The number of phenols is 2. The lowest BCUT2D eigenvalue weighted by Gasteiger charge is -2.40. The van der Waals surface area contributed by atoms with Crippen molar-refractivity contribution in [1.82, 2.24) is 9.80 Å². The average molecular weight is 1040 g/mol. The molecule has 2 fully saturated rings. The van der Waals surface area contributed by atoms with Gasteiger partial charge in [0.05, 0.1) is 53.0 Å². The zero-order valence-corrected chi connectivity index (χ0v) is 45.1. The Labute approximate surface area is 439 Å². The van der Waals surface area contributed by atoms with E-state index in [1.54, 1.807) is 58.9 Å². The molecule has 9 rings (SSSR count). The molecule has 6 aliphatic rings. The van der Waals surface area contributed by atoms with E-state index in [1.807, 2.05) is 42.2 Å². The molecule has 1 spiro atoms. The molecule has 6 aliphatic heterocycles. The van der Waals surface area contributed by atoms with Gasteiger partial charge in [-0.3, -0.25) is 29.3 Å². The Hall–Kier alpha value is -5.69. The number of ether oxygens (including phenoxy) is 4. The summed E-state index contributed by atoms with van der Waals surface area (Å²) < 4.78 is 24.9. The molecule has 3 aromatic rings. The summed E-state index contributed by atoms with van der Waals surface area (Å²) in [4.78, 5) is 57.8. The number of carbonyl (C=O) groups is 3. The fourth-order valence-corrected chi connectivity index (χ4v) is 11.7. The summed E-state index contributed by atoms with van der Waals surface area (Å²) in [5.74, 6) is -6.79. The predicted molar refractivity (Wildman–Crippen MR) is 283 cm³/mol. The number of rotatable bonds is 8. The number of methoxy groups -OCH3 is 1. The number of hydrogen-bond donors (Lipinski definition) is 6. The van der Waals surface area contributed by atoms with Crippen LogP contribution in [-0.4, -0.2) is 141 Å². The van der Waals surface area contributed by atoms with E-state index in [4.69, 9.17) is 28.9 Å². The average Bonchev–Trinajstić information content (AvgIpc) is 3.89. The first kappa shape index (κ1) is 55.5. The standard InChI is InChI=1S/C58H77N5O12/c1-32(2)30-62-26-22-58(23-27-62)60-45-42-43-50(67)38(8)53-44(42)54(69)56(9,75-53)73-28-19-40(72-10)35(5)52(74-41(64)31-63-24-20-57(71,21-25-63)29-39-17-12-11-13-18-39)37(7)49(66)36(6)48(65)33(3)15-14-16-34(4)55(70)59-47(51(43)68)46(45)61-58/h11-19,28,32-33,35-37,40,48-49,52,65-68,71H,20-27,29-31H2,1-10H3,(H,59,70)/b15-14+,28-19+,34-16-/t33-,35+,36+,37+,40-,48-,49+,52+,56-/m0/s1. The molecule has 6 heterocycles. The Bertz CT molecular complexity index is 2870. The zero-order chi connectivity index (χ0) is 54.3. The molecule has 75 heavy (non-hydrogen) atoms. The van der Waals surface area contributed by atoms with Crippen LogP contribution in [-0.2, 0) is 30.2 Å². The Kier molecular flexibility index (Phi) is 16.4. The predicted octanol–water partition coefficient (Wildman–Crippen LogP) is 5.80. The summed E-state index contributed by atoms with van der Waals surface area (Å²) in [6, 6.07) is 9.82. The number of fused-ring (bicyclic) bond motifs is 13. The van der Waals surface area contributed by atoms with Gasteiger partial charge in [0.25, 0.3) is 11.7 Å². The van der Waals surface area contributed by atoms with Crippen LogP contribution in [0.5, 0.6) is 17.2 Å². The fraction of sp³-hybridized carbons (Fsp3) is 0.569. The zero-order valence-electron chi connectivity index (χ0n) is 45.1. The first-order valence-electron chi connectivity index (χ1n) is 26.6. The number of carbonyl (C=O) groups excluding carboxylic acids is 3. The summed E-state index contributed by atoms with van der Waals surface area (Å²) in [5, 5.41) is 62.7. The number of aliphatic hydroxyl groups excluding tert-OH is 2. The van der Waals surface area contributed by atoms with Crippen molar-refractivity contribution in [1.29, 1.82) is 0 Å². The molecule has 17 heteroatoms. The van der Waals surface area contributed by atoms with Crippen LogP contribution in [0, 0.1) is 36.5 Å². The minimum atomic E-state index is -2.00. The lowest BCUT2D eigenvalue weighted by atomic mass is 9.78. The maximum Gasteiger partial charge on any atom is 0.320 e. The van der Waals surface area contributed by atoms with Crippen molar-refractivity contribution in [2.24, 2.45) is 39.6 Å². The molecule has 5 bridgehead atoms. The number of allylic oxidation sites excluding steroid dienone is 2. The molecular formula is C58H77N5O12. The van der Waals surface area contributed by atoms with Gasteiger partial charge in [-0.05, 0) is 44.2 Å². The number of phenolic OH excluding ortho intramolecular Hbond substituents is 2. The van der Waals surface area contributed by atoms with E-state index >= 15 is 0 Å². The summed E-state index contributed by atoms with van der Waals surface area (Å²) in [7, 11) is 1.48. The lowest BCUT2D eigenvalue weighted by Crippen LogP contribution is -2.49. The quantitative estimate of drug-likeness (QED) is 0.116. The van der Waals surface area contributed by atoms with Gasteiger partial charge in [0.1, 0.15) is 28.6 Å². The first-order valence-corrected chi connectivity index (χ1v) is 26.6. The Morgan fingerprint density at radius 2 is 1.52 bits per heavy atom. The van der Waals surface area contributed by atoms with E-state index in [2.05, 4.69) is 24.1 Å². The monoisotopic (exact) mass is 1040 g/mol. The van der Waals surface area contributed by atoms with Crippen molar-refractivity contribution in [2.75, 3.05) is 51.7 Å². The molecule has 2 saturated heterocycles. The first-order chi connectivity index (χ1) is 35.5. The van der Waals surface area contributed by atoms with Crippen molar-refractivity contribution in [2.45, 2.75) is 136 Å². The highest BCUT2D eigenvalue weighted by atomic mass is 16.7. The highest BCUT2D eigenvalue weighted by Gasteiger charge is 2.50. The number of piperidine rings is 2. The minimum absolute atomic E-state index is 0.0241. The van der Waals surface area contributed by atoms with Crippen molar-refractivity contribution in [3.05, 3.63) is 93.9 Å². The van der Waals surface area contributed by atoms with Crippen LogP contribution < -0.4 is 20.8 Å². The van der Waals surface area contributed by atoms with E-state index in [1.165, 1.54) is 20.3 Å². The lowest BCUT2D eigenvalue weighted by molar-refractivity contribution is -0.165. The Morgan fingerprint density at radius 3 is 2.17 bits per heavy atom. The maximum absolute atomic E-state index is 15.0. The third kappa shape index (κ3) is 11.3. The van der Waals surface area contributed by atoms with Crippen molar-refractivity contribution < 1.29 is 58.9 Å². The number of benzene rings is 3. The van der Waals surface area contributed by atoms with E-state index in [0.717, 1.165) is 12.1 Å². The van der Waals surface area contributed by atoms with E-state index in [0.29, 0.717) is 64.2 Å². The molecular weight excluding hydrogens is 959 g/mol. The second-order valence-corrected chi connectivity index (χ2v) is 22.5. The third-order valence-electron chi connectivity index (χ3n) is 16.4. The highest BCUT2D eigenvalue weighted by molar-refractivity contribution is 6.19. The molecule has 0 saturated carbocycles. The van der Waals surface area contributed by atoms with Crippen LogP contribution in [0.4, 0.5) is 5.69 Å². The number of Topliss-reactive ketones (excluding diaryl/α,β-unsaturated/α-hetero) is 1. The molecule has 0 radical (unpaired) electrons. The number of anilines is 1. The van der Waals surface area contributed by atoms with Crippen molar-refractivity contribution in [3.63, 3.8) is 0 Å². The number of ketones is 1. The van der Waals surface area contributed by atoms with Crippen LogP contribution in [0.2, 0.25) is 0 Å². The maximum atomic E-state index is 15.0. The number of nitrogens with zero attached hydrogens (tertiary/aromatic N) is 4. The molecule has 3 aromatic carbocycles. The molecule has 17 nitrogen and oxygen atoms in total. The van der Waals surface area contributed by atoms with Gasteiger partial charge in [-0.25, -0.2) is 0 Å². The molecule has 406 valence electrons. The van der Waals surface area contributed by atoms with Gasteiger partial charge in [-0.1, -0.05) is 90.1 Å². The Morgan fingerprint density at radius 1 is 0.867 bits per heavy atom. The van der Waals surface area contributed by atoms with E-state index in [-0.39, 0.29) is 61.9 Å². The summed E-state index contributed by atoms with van der Waals surface area (Å²) in [6.45, 7) is 19.2. The minimum Gasteiger partial charge on any atom is -0.507 e. The van der Waals surface area contributed by atoms with E-state index < -0.39 is 88.5 Å². The number of aromatic hydroxyl groups is 2. The molecule has 9 atom stereocenters. The van der Waals surface area contributed by atoms with Crippen LogP contribution in [0.1, 0.15) is 103 Å². The molecule has 0 aromatic heterocycles. The van der Waals surface area contributed by atoms with Gasteiger partial charge < -0.3 is 54.7 Å². The van der Waals surface area contributed by atoms with Gasteiger partial charge in [0.2, 0.25) is 0 Å². The molecule has 0 aliphatic carbocycles. The molecule has 1 amide bonds. The Balaban J connectivity index is 1.15. The van der Waals surface area contributed by atoms with Gasteiger partial charge >= 0.3 is 11.8 Å². The van der Waals surface area contributed by atoms with Crippen molar-refractivity contribution >= 4 is 34.1 Å². The SMILES string of the molecule is CO[C@H]1/C=C/O[C@@]2(C)Oc3c(C)c(O)c4c(O)c(c5c(c4c3C2=O)=NC2(CCN(CC(C)C)CC2)N=5)NC(=O)/C(C)=C\C=C\[C@H](C)[C@H](O)[C@@H](C)[C@@H](O)[C@@H](C)[C@H](OC(=O)CN2CCC(O)(Cc3ccccc3)CC2)[C@@H]1C. The van der Waals surface area contributed by atoms with Gasteiger partial charge in [-0.15, -0.1) is 0 Å². The molecule has 6 N–H and O–H groups in total.